The predicted octanol–water partition coefficient (Wildman–Crippen LogP) is 4.60. The fourth-order valence-electron chi connectivity index (χ4n) is 2.52. The molecule has 1 aromatic rings. The average Bonchev–Trinajstić information content (AvgIpc) is 2.84. The summed E-state index contributed by atoms with van der Waals surface area (Å²) >= 11 is 5.35. The minimum atomic E-state index is 0.493. The van der Waals surface area contributed by atoms with Crippen LogP contribution in [0, 0.1) is 11.8 Å². The Kier molecular flexibility index (Phi) is 4.45. The molecule has 0 amide bonds. The van der Waals surface area contributed by atoms with Crippen molar-refractivity contribution in [2.24, 2.45) is 11.8 Å². The summed E-state index contributed by atoms with van der Waals surface area (Å²) in [5.41, 5.74) is 0. The predicted molar refractivity (Wildman–Crippen MR) is 74.9 cm³/mol. The average molecular weight is 302 g/mol. The van der Waals surface area contributed by atoms with E-state index < -0.39 is 0 Å². The summed E-state index contributed by atoms with van der Waals surface area (Å²) in [7, 11) is 0. The molecule has 3 heteroatoms. The van der Waals surface area contributed by atoms with Crippen molar-refractivity contribution in [3.8, 4) is 0 Å². The van der Waals surface area contributed by atoms with E-state index in [0.717, 1.165) is 11.8 Å². The highest BCUT2D eigenvalue weighted by Crippen LogP contribution is 2.31. The molecule has 1 nitrogen and oxygen atoms in total. The molecule has 0 saturated heterocycles. The molecule has 1 fully saturated rings. The molecule has 90 valence electrons. The van der Waals surface area contributed by atoms with Crippen LogP contribution in [0.4, 0.5) is 0 Å². The van der Waals surface area contributed by atoms with Gasteiger partial charge in [0, 0.05) is 10.9 Å². The minimum Gasteiger partial charge on any atom is -0.309 e. The Bertz CT molecular complexity index is 336. The van der Waals surface area contributed by atoms with Gasteiger partial charge in [0.25, 0.3) is 0 Å². The molecule has 3 atom stereocenters. The van der Waals surface area contributed by atoms with Crippen LogP contribution >= 0.6 is 27.3 Å². The van der Waals surface area contributed by atoms with Gasteiger partial charge in [-0.15, -0.1) is 11.3 Å². The number of thiophene rings is 1. The van der Waals surface area contributed by atoms with Crippen LogP contribution in [0.5, 0.6) is 0 Å². The van der Waals surface area contributed by atoms with Crippen LogP contribution in [0.1, 0.15) is 44.0 Å². The van der Waals surface area contributed by atoms with Crippen molar-refractivity contribution < 1.29 is 0 Å². The monoisotopic (exact) mass is 301 g/mol. The van der Waals surface area contributed by atoms with E-state index in [-0.39, 0.29) is 0 Å². The van der Waals surface area contributed by atoms with E-state index in [0.29, 0.717) is 6.04 Å². The normalized spacial score (nSPS) is 27.2. The zero-order chi connectivity index (χ0) is 11.5. The molecule has 1 heterocycles. The molecule has 0 radical (unpaired) electrons. The molecule has 1 aliphatic carbocycles. The molecular formula is C13H20BrNS. The molecule has 0 spiro atoms. The number of hydrogen-bond acceptors (Lipinski definition) is 2. The molecule has 3 unspecified atom stereocenters. The van der Waals surface area contributed by atoms with Crippen molar-refractivity contribution in [3.63, 3.8) is 0 Å². The van der Waals surface area contributed by atoms with Crippen LogP contribution in [0.2, 0.25) is 0 Å². The van der Waals surface area contributed by atoms with Gasteiger partial charge in [-0.25, -0.2) is 0 Å². The smallest absolute Gasteiger partial charge is 0.0701 e. The Labute approximate surface area is 111 Å². The quantitative estimate of drug-likeness (QED) is 0.857. The third-order valence-corrected chi connectivity index (χ3v) is 5.34. The summed E-state index contributed by atoms with van der Waals surface area (Å²) in [6.45, 7) is 5.82. The van der Waals surface area contributed by atoms with Gasteiger partial charge in [-0.1, -0.05) is 13.3 Å². The summed E-state index contributed by atoms with van der Waals surface area (Å²) < 4.78 is 1.23. The SMILES string of the molecule is CC1CCC(CNC(C)c2ccc(Br)s2)C1. The van der Waals surface area contributed by atoms with Gasteiger partial charge in [0.1, 0.15) is 0 Å². The summed E-state index contributed by atoms with van der Waals surface area (Å²) in [6.07, 6.45) is 4.24. The van der Waals surface area contributed by atoms with Crippen molar-refractivity contribution in [2.45, 2.75) is 39.2 Å². The number of nitrogens with one attached hydrogen (secondary N) is 1. The van der Waals surface area contributed by atoms with Crippen molar-refractivity contribution in [1.29, 1.82) is 0 Å². The molecule has 1 saturated carbocycles. The molecule has 16 heavy (non-hydrogen) atoms. The van der Waals surface area contributed by atoms with Gasteiger partial charge in [0.15, 0.2) is 0 Å². The van der Waals surface area contributed by atoms with E-state index in [1.165, 1.54) is 34.5 Å². The van der Waals surface area contributed by atoms with Gasteiger partial charge in [-0.3, -0.25) is 0 Å². The molecule has 2 rings (SSSR count). The second kappa shape index (κ2) is 5.65. The van der Waals surface area contributed by atoms with Gasteiger partial charge >= 0.3 is 0 Å². The zero-order valence-corrected chi connectivity index (χ0v) is 12.4. The Hall–Kier alpha value is 0.140. The van der Waals surface area contributed by atoms with Gasteiger partial charge < -0.3 is 5.32 Å². The van der Waals surface area contributed by atoms with Crippen LogP contribution in [-0.2, 0) is 0 Å². The summed E-state index contributed by atoms with van der Waals surface area (Å²) in [5.74, 6) is 1.85. The van der Waals surface area contributed by atoms with Crippen LogP contribution in [-0.4, -0.2) is 6.54 Å². The minimum absolute atomic E-state index is 0.493. The number of hydrogen-bond donors (Lipinski definition) is 1. The van der Waals surface area contributed by atoms with Gasteiger partial charge in [0.05, 0.1) is 3.79 Å². The van der Waals surface area contributed by atoms with Crippen LogP contribution in [0.25, 0.3) is 0 Å². The van der Waals surface area contributed by atoms with E-state index in [4.69, 9.17) is 0 Å². The van der Waals surface area contributed by atoms with Crippen LogP contribution in [0.15, 0.2) is 15.9 Å². The first-order valence-electron chi connectivity index (χ1n) is 6.13. The number of halogens is 1. The molecule has 1 aromatic heterocycles. The highest BCUT2D eigenvalue weighted by atomic mass is 79.9. The van der Waals surface area contributed by atoms with Gasteiger partial charge in [0.2, 0.25) is 0 Å². The lowest BCUT2D eigenvalue weighted by Crippen LogP contribution is -2.24. The molecule has 0 aliphatic heterocycles. The second-order valence-corrected chi connectivity index (χ2v) is 7.55. The lowest BCUT2D eigenvalue weighted by atomic mass is 10.1. The number of rotatable bonds is 4. The highest BCUT2D eigenvalue weighted by Gasteiger charge is 2.21. The second-order valence-electron chi connectivity index (χ2n) is 5.06. The molecule has 1 aliphatic rings. The molecule has 0 aromatic carbocycles. The third-order valence-electron chi connectivity index (χ3n) is 3.54. The van der Waals surface area contributed by atoms with E-state index >= 15 is 0 Å². The summed E-state index contributed by atoms with van der Waals surface area (Å²) in [4.78, 5) is 1.43. The maximum atomic E-state index is 3.66. The van der Waals surface area contributed by atoms with Crippen molar-refractivity contribution in [1.82, 2.24) is 5.32 Å². The van der Waals surface area contributed by atoms with Crippen molar-refractivity contribution in [2.75, 3.05) is 6.54 Å². The van der Waals surface area contributed by atoms with Crippen LogP contribution < -0.4 is 5.32 Å². The maximum absolute atomic E-state index is 3.66. The zero-order valence-electron chi connectivity index (χ0n) is 10.0. The van der Waals surface area contributed by atoms with Crippen molar-refractivity contribution >= 4 is 27.3 Å². The lowest BCUT2D eigenvalue weighted by molar-refractivity contribution is 0.442. The topological polar surface area (TPSA) is 12.0 Å². The fraction of sp³-hybridized carbons (Fsp3) is 0.692. The van der Waals surface area contributed by atoms with Gasteiger partial charge in [-0.05, 0) is 66.2 Å². The first-order valence-corrected chi connectivity index (χ1v) is 7.74. The maximum Gasteiger partial charge on any atom is 0.0701 e. The molecular weight excluding hydrogens is 282 g/mol. The lowest BCUT2D eigenvalue weighted by Gasteiger charge is -2.16. The van der Waals surface area contributed by atoms with E-state index in [9.17, 15) is 0 Å². The largest absolute Gasteiger partial charge is 0.309 e. The molecule has 1 N–H and O–H groups in total. The van der Waals surface area contributed by atoms with Crippen LogP contribution in [0.3, 0.4) is 0 Å². The first-order chi connectivity index (χ1) is 7.65. The van der Waals surface area contributed by atoms with E-state index in [2.05, 4.69) is 47.2 Å². The molecule has 0 bridgehead atoms. The third kappa shape index (κ3) is 3.31. The Balaban J connectivity index is 1.77. The Morgan fingerprint density at radius 2 is 2.31 bits per heavy atom. The summed E-state index contributed by atoms with van der Waals surface area (Å²) in [6, 6.07) is 4.84. The van der Waals surface area contributed by atoms with E-state index in [1.807, 2.05) is 11.3 Å². The first kappa shape index (κ1) is 12.6. The van der Waals surface area contributed by atoms with E-state index in [1.54, 1.807) is 0 Å². The summed E-state index contributed by atoms with van der Waals surface area (Å²) in [5, 5.41) is 3.66. The Morgan fingerprint density at radius 1 is 1.50 bits per heavy atom. The van der Waals surface area contributed by atoms with Gasteiger partial charge in [-0.2, -0.15) is 0 Å². The standard InChI is InChI=1S/C13H20BrNS/c1-9-3-4-11(7-9)8-15-10(2)12-5-6-13(14)16-12/h5-6,9-11,15H,3-4,7-8H2,1-2H3. The van der Waals surface area contributed by atoms with Crippen molar-refractivity contribution in [3.05, 3.63) is 20.8 Å². The highest BCUT2D eigenvalue weighted by molar-refractivity contribution is 9.11. The Morgan fingerprint density at radius 3 is 2.88 bits per heavy atom. The fourth-order valence-corrected chi connectivity index (χ4v) is 3.97.